The maximum absolute atomic E-state index is 13.0. The highest BCUT2D eigenvalue weighted by molar-refractivity contribution is 7.92. The molecule has 9 heteroatoms. The normalized spacial score (nSPS) is 12.0. The number of hydrogen-bond acceptors (Lipinski definition) is 4. The first-order valence-electron chi connectivity index (χ1n) is 8.12. The zero-order valence-corrected chi connectivity index (χ0v) is 16.7. The number of amides is 1. The van der Waals surface area contributed by atoms with Gasteiger partial charge in [-0.3, -0.25) is 9.52 Å². The Morgan fingerprint density at radius 3 is 2.41 bits per heavy atom. The van der Waals surface area contributed by atoms with Crippen molar-refractivity contribution in [3.63, 3.8) is 0 Å². The maximum Gasteiger partial charge on any atom is 0.261 e. The third kappa shape index (κ3) is 6.50. The first kappa shape index (κ1) is 22.9. The minimum Gasteiger partial charge on any atom is -0.352 e. The lowest BCUT2D eigenvalue weighted by atomic mass is 10.1. The molecule has 0 bridgehead atoms. The Labute approximate surface area is 164 Å². The molecule has 0 saturated heterocycles. The Morgan fingerprint density at radius 1 is 1.19 bits per heavy atom. The Kier molecular flexibility index (Phi) is 8.20. The highest BCUT2D eigenvalue weighted by Gasteiger charge is 2.18. The number of nitrogens with two attached hydrogens (primary N) is 1. The van der Waals surface area contributed by atoms with Gasteiger partial charge in [0.05, 0.1) is 4.90 Å². The number of sulfonamides is 1. The molecule has 0 fully saturated rings. The minimum absolute atomic E-state index is 0. The molecule has 1 atom stereocenters. The van der Waals surface area contributed by atoms with Crippen LogP contribution >= 0.6 is 12.4 Å². The van der Waals surface area contributed by atoms with Gasteiger partial charge in [-0.1, -0.05) is 6.07 Å². The van der Waals surface area contributed by atoms with E-state index in [1.807, 2.05) is 6.92 Å². The fourth-order valence-corrected chi connectivity index (χ4v) is 3.34. The van der Waals surface area contributed by atoms with Crippen molar-refractivity contribution in [1.82, 2.24) is 5.32 Å². The van der Waals surface area contributed by atoms with Gasteiger partial charge in [-0.25, -0.2) is 12.8 Å². The van der Waals surface area contributed by atoms with Crippen LogP contribution < -0.4 is 15.8 Å². The van der Waals surface area contributed by atoms with Crippen LogP contribution in [0.2, 0.25) is 0 Å². The Morgan fingerprint density at radius 2 is 1.81 bits per heavy atom. The zero-order chi connectivity index (χ0) is 19.3. The fourth-order valence-electron chi connectivity index (χ4n) is 2.25. The third-order valence-corrected chi connectivity index (χ3v) is 5.12. The van der Waals surface area contributed by atoms with E-state index >= 15 is 0 Å². The summed E-state index contributed by atoms with van der Waals surface area (Å²) in [7, 11) is -3.91. The molecule has 0 spiro atoms. The lowest BCUT2D eigenvalue weighted by Crippen LogP contribution is -2.29. The molecule has 148 valence electrons. The van der Waals surface area contributed by atoms with Gasteiger partial charge in [0.25, 0.3) is 15.9 Å². The molecule has 2 rings (SSSR count). The quantitative estimate of drug-likeness (QED) is 0.647. The Hall–Kier alpha value is -2.16. The molecule has 0 aromatic heterocycles. The molecule has 2 aromatic carbocycles. The molecule has 0 aliphatic rings. The molecule has 27 heavy (non-hydrogen) atoms. The van der Waals surface area contributed by atoms with Gasteiger partial charge in [0.2, 0.25) is 0 Å². The van der Waals surface area contributed by atoms with E-state index in [0.717, 1.165) is 12.1 Å². The molecule has 1 unspecified atom stereocenters. The van der Waals surface area contributed by atoms with Crippen molar-refractivity contribution in [3.05, 3.63) is 59.4 Å². The number of hydrogen-bond donors (Lipinski definition) is 3. The minimum atomic E-state index is -3.91. The molecule has 4 N–H and O–H groups in total. The topological polar surface area (TPSA) is 101 Å². The highest BCUT2D eigenvalue weighted by Crippen LogP contribution is 2.19. The molecule has 0 radical (unpaired) electrons. The lowest BCUT2D eigenvalue weighted by Gasteiger charge is -2.12. The molecule has 0 aliphatic carbocycles. The fraction of sp³-hybridized carbons (Fsp3) is 0.278. The Balaban J connectivity index is 0.00000364. The number of nitrogens with one attached hydrogen (secondary N) is 2. The van der Waals surface area contributed by atoms with E-state index in [0.29, 0.717) is 18.5 Å². The average Bonchev–Trinajstić information content (AvgIpc) is 2.56. The molecule has 2 aromatic rings. The predicted octanol–water partition coefficient (Wildman–Crippen LogP) is 2.82. The number of aryl methyl sites for hydroxylation is 1. The second-order valence-electron chi connectivity index (χ2n) is 6.11. The average molecular weight is 416 g/mol. The van der Waals surface area contributed by atoms with Gasteiger partial charge in [-0.2, -0.15) is 0 Å². The molecular formula is C18H23ClFN3O3S. The standard InChI is InChI=1S/C18H22FN3O3S.ClH/c1-12-3-8-16(11-17(12)18(23)21-10-9-13(2)20)26(24,25)22-15-6-4-14(19)5-7-15;/h3-8,11,13,22H,9-10,20H2,1-2H3,(H,21,23);1H. The van der Waals surface area contributed by atoms with E-state index in [1.54, 1.807) is 13.0 Å². The number of benzene rings is 2. The van der Waals surface area contributed by atoms with Crippen LogP contribution in [0.3, 0.4) is 0 Å². The molecule has 0 aliphatic heterocycles. The van der Waals surface area contributed by atoms with Crippen molar-refractivity contribution in [2.75, 3.05) is 11.3 Å². The monoisotopic (exact) mass is 415 g/mol. The van der Waals surface area contributed by atoms with Gasteiger partial charge < -0.3 is 11.1 Å². The van der Waals surface area contributed by atoms with Crippen molar-refractivity contribution in [1.29, 1.82) is 0 Å². The van der Waals surface area contributed by atoms with E-state index in [1.165, 1.54) is 24.3 Å². The predicted molar refractivity (Wildman–Crippen MR) is 106 cm³/mol. The van der Waals surface area contributed by atoms with E-state index in [4.69, 9.17) is 5.73 Å². The SMILES string of the molecule is Cc1ccc(S(=O)(=O)Nc2ccc(F)cc2)cc1C(=O)NCCC(C)N.Cl. The van der Waals surface area contributed by atoms with Crippen LogP contribution in [0.4, 0.5) is 10.1 Å². The number of carbonyl (C=O) groups is 1. The summed E-state index contributed by atoms with van der Waals surface area (Å²) in [6, 6.07) is 9.23. The van der Waals surface area contributed by atoms with Crippen LogP contribution in [0.25, 0.3) is 0 Å². The summed E-state index contributed by atoms with van der Waals surface area (Å²) >= 11 is 0. The lowest BCUT2D eigenvalue weighted by molar-refractivity contribution is 0.0952. The first-order chi connectivity index (χ1) is 12.2. The third-order valence-electron chi connectivity index (χ3n) is 3.75. The van der Waals surface area contributed by atoms with Crippen LogP contribution in [0.15, 0.2) is 47.4 Å². The van der Waals surface area contributed by atoms with Crippen LogP contribution in [0.5, 0.6) is 0 Å². The maximum atomic E-state index is 13.0. The molecule has 6 nitrogen and oxygen atoms in total. The van der Waals surface area contributed by atoms with Crippen molar-refractivity contribution in [3.8, 4) is 0 Å². The summed E-state index contributed by atoms with van der Waals surface area (Å²) in [5.41, 5.74) is 6.81. The van der Waals surface area contributed by atoms with Crippen molar-refractivity contribution < 1.29 is 17.6 Å². The van der Waals surface area contributed by atoms with Gasteiger partial charge in [0, 0.05) is 23.8 Å². The van der Waals surface area contributed by atoms with Crippen LogP contribution in [0, 0.1) is 12.7 Å². The van der Waals surface area contributed by atoms with Gasteiger partial charge in [-0.05, 0) is 62.2 Å². The second kappa shape index (κ2) is 9.68. The molecule has 0 saturated carbocycles. The number of anilines is 1. The zero-order valence-electron chi connectivity index (χ0n) is 15.0. The van der Waals surface area contributed by atoms with Crippen molar-refractivity contribution in [2.24, 2.45) is 5.73 Å². The summed E-state index contributed by atoms with van der Waals surface area (Å²) in [4.78, 5) is 12.3. The van der Waals surface area contributed by atoms with Crippen molar-refractivity contribution in [2.45, 2.75) is 31.2 Å². The largest absolute Gasteiger partial charge is 0.352 e. The Bertz CT molecular complexity index is 887. The van der Waals surface area contributed by atoms with Gasteiger partial charge in [-0.15, -0.1) is 12.4 Å². The number of halogens is 2. The summed E-state index contributed by atoms with van der Waals surface area (Å²) in [5, 5.41) is 2.73. The van der Waals surface area contributed by atoms with E-state index < -0.39 is 15.8 Å². The van der Waals surface area contributed by atoms with Crippen LogP contribution in [-0.4, -0.2) is 26.9 Å². The van der Waals surface area contributed by atoms with Gasteiger partial charge >= 0.3 is 0 Å². The molecular weight excluding hydrogens is 393 g/mol. The molecule has 0 heterocycles. The number of rotatable bonds is 7. The van der Waals surface area contributed by atoms with Crippen molar-refractivity contribution >= 4 is 34.0 Å². The van der Waals surface area contributed by atoms with Crippen LogP contribution in [-0.2, 0) is 10.0 Å². The summed E-state index contributed by atoms with van der Waals surface area (Å²) in [6.45, 7) is 3.97. The van der Waals surface area contributed by atoms with Gasteiger partial charge in [0.15, 0.2) is 0 Å². The van der Waals surface area contributed by atoms with E-state index in [2.05, 4.69) is 10.0 Å². The molecule has 1 amide bonds. The summed E-state index contributed by atoms with van der Waals surface area (Å²) in [5.74, 6) is -0.823. The summed E-state index contributed by atoms with van der Waals surface area (Å²) in [6.07, 6.45) is 0.620. The first-order valence-corrected chi connectivity index (χ1v) is 9.60. The van der Waals surface area contributed by atoms with Crippen LogP contribution in [0.1, 0.15) is 29.3 Å². The van der Waals surface area contributed by atoms with E-state index in [-0.39, 0.29) is 40.5 Å². The highest BCUT2D eigenvalue weighted by atomic mass is 35.5. The van der Waals surface area contributed by atoms with E-state index in [9.17, 15) is 17.6 Å². The second-order valence-corrected chi connectivity index (χ2v) is 7.79. The van der Waals surface area contributed by atoms with Gasteiger partial charge in [0.1, 0.15) is 5.82 Å². The summed E-state index contributed by atoms with van der Waals surface area (Å²) < 4.78 is 40.4. The smallest absolute Gasteiger partial charge is 0.261 e. The number of carbonyl (C=O) groups excluding carboxylic acids is 1.